The fourth-order valence-electron chi connectivity index (χ4n) is 3.28. The van der Waals surface area contributed by atoms with Crippen molar-refractivity contribution in [3.05, 3.63) is 24.3 Å². The average Bonchev–Trinajstić information content (AvgIpc) is 2.97. The number of hydrogen-bond donors (Lipinski definition) is 0. The Morgan fingerprint density at radius 1 is 1.27 bits per heavy atom. The van der Waals surface area contributed by atoms with Crippen LogP contribution in [0.1, 0.15) is 20.3 Å². The van der Waals surface area contributed by atoms with Gasteiger partial charge in [-0.25, -0.2) is 8.42 Å². The van der Waals surface area contributed by atoms with Crippen LogP contribution in [-0.4, -0.2) is 56.4 Å². The van der Waals surface area contributed by atoms with Crippen molar-refractivity contribution in [1.29, 1.82) is 0 Å². The van der Waals surface area contributed by atoms with E-state index in [1.807, 2.05) is 62.0 Å². The number of fused-ring (bicyclic) bond motifs is 1. The summed E-state index contributed by atoms with van der Waals surface area (Å²) < 4.78 is 24.2. The molecule has 8 heteroatoms. The lowest BCUT2D eigenvalue weighted by Gasteiger charge is -2.25. The first kappa shape index (κ1) is 19.2. The molecule has 6 nitrogen and oxygen atoms in total. The third-order valence-corrected chi connectivity index (χ3v) is 7.72. The topological polar surface area (TPSA) is 70.0 Å². The van der Waals surface area contributed by atoms with Gasteiger partial charge in [0.15, 0.2) is 15.0 Å². The Kier molecular flexibility index (Phi) is 5.35. The van der Waals surface area contributed by atoms with E-state index in [4.69, 9.17) is 0 Å². The zero-order chi connectivity index (χ0) is 19.1. The highest BCUT2D eigenvalue weighted by molar-refractivity contribution is 8.16. The number of thioether (sulfide) groups is 1. The maximum atomic E-state index is 12.2. The van der Waals surface area contributed by atoms with Gasteiger partial charge in [-0.2, -0.15) is 4.99 Å². The summed E-state index contributed by atoms with van der Waals surface area (Å²) in [6, 6.07) is 7.74. The van der Waals surface area contributed by atoms with Crippen LogP contribution < -0.4 is 9.80 Å². The van der Waals surface area contributed by atoms with Crippen molar-refractivity contribution < 1.29 is 13.2 Å². The lowest BCUT2D eigenvalue weighted by molar-refractivity contribution is -0.118. The number of carbonyl (C=O) groups excluding carboxylic acids is 1. The maximum Gasteiger partial charge on any atom is 0.248 e. The van der Waals surface area contributed by atoms with E-state index in [1.54, 1.807) is 0 Å². The Morgan fingerprint density at radius 2 is 1.92 bits per heavy atom. The van der Waals surface area contributed by atoms with Gasteiger partial charge in [0.1, 0.15) is 0 Å². The molecule has 2 heterocycles. The van der Waals surface area contributed by atoms with Crippen LogP contribution >= 0.6 is 11.8 Å². The number of anilines is 2. The highest BCUT2D eigenvalue weighted by Gasteiger charge is 2.49. The van der Waals surface area contributed by atoms with Gasteiger partial charge in [0.05, 0.1) is 17.5 Å². The molecular weight excluding hydrogens is 370 g/mol. The predicted octanol–water partition coefficient (Wildman–Crippen LogP) is 2.40. The van der Waals surface area contributed by atoms with E-state index in [0.717, 1.165) is 11.4 Å². The van der Waals surface area contributed by atoms with Crippen molar-refractivity contribution in [2.75, 3.05) is 35.4 Å². The van der Waals surface area contributed by atoms with Crippen molar-refractivity contribution in [3.8, 4) is 0 Å². The summed E-state index contributed by atoms with van der Waals surface area (Å²) >= 11 is 1.42. The van der Waals surface area contributed by atoms with E-state index >= 15 is 0 Å². The monoisotopic (exact) mass is 395 g/mol. The molecule has 0 radical (unpaired) electrons. The van der Waals surface area contributed by atoms with E-state index in [9.17, 15) is 13.2 Å². The molecule has 2 saturated heterocycles. The summed E-state index contributed by atoms with van der Waals surface area (Å²) in [6.07, 6.45) is 0.394. The predicted molar refractivity (Wildman–Crippen MR) is 109 cm³/mol. The van der Waals surface area contributed by atoms with Crippen LogP contribution in [0.4, 0.5) is 11.4 Å². The van der Waals surface area contributed by atoms with Gasteiger partial charge < -0.3 is 9.80 Å². The number of hydrogen-bond acceptors (Lipinski definition) is 5. The molecule has 0 spiro atoms. The molecule has 1 amide bonds. The molecular formula is C18H25N3O3S2. The molecule has 2 atom stereocenters. The van der Waals surface area contributed by atoms with E-state index < -0.39 is 9.84 Å². The highest BCUT2D eigenvalue weighted by Crippen LogP contribution is 2.41. The maximum absolute atomic E-state index is 12.2. The molecule has 142 valence electrons. The first-order valence-corrected chi connectivity index (χ1v) is 11.4. The Bertz CT molecular complexity index is 817. The number of benzene rings is 1. The standard InChI is InChI=1S/C18H25N3O3S2/c1-12(2)9-17(22)19-18-21(14-7-5-13(6-8-14)20(3)4)15-10-26(23,24)11-16(15)25-18/h5-8,12,15-16H,9-11H2,1-4H3/t15-,16+/m0/s1. The molecule has 0 saturated carbocycles. The Hall–Kier alpha value is -1.54. The van der Waals surface area contributed by atoms with Crippen LogP contribution in [0.25, 0.3) is 0 Å². The molecule has 1 aromatic rings. The highest BCUT2D eigenvalue weighted by atomic mass is 32.2. The average molecular weight is 396 g/mol. The van der Waals surface area contributed by atoms with Gasteiger partial charge in [-0.1, -0.05) is 25.6 Å². The van der Waals surface area contributed by atoms with Crippen molar-refractivity contribution in [2.24, 2.45) is 10.9 Å². The molecule has 3 rings (SSSR count). The summed E-state index contributed by atoms with van der Waals surface area (Å²) in [6.45, 7) is 3.97. The first-order valence-electron chi connectivity index (χ1n) is 8.71. The number of carbonyl (C=O) groups is 1. The molecule has 1 aromatic carbocycles. The molecule has 26 heavy (non-hydrogen) atoms. The van der Waals surface area contributed by atoms with Crippen molar-refractivity contribution in [3.63, 3.8) is 0 Å². The number of rotatable bonds is 4. The number of amides is 1. The molecule has 0 aromatic heterocycles. The second-order valence-corrected chi connectivity index (χ2v) is 10.8. The lowest BCUT2D eigenvalue weighted by Crippen LogP contribution is -2.37. The fraction of sp³-hybridized carbons (Fsp3) is 0.556. The van der Waals surface area contributed by atoms with Gasteiger partial charge in [0.2, 0.25) is 5.91 Å². The van der Waals surface area contributed by atoms with Crippen molar-refractivity contribution in [2.45, 2.75) is 31.6 Å². The van der Waals surface area contributed by atoms with E-state index in [-0.39, 0.29) is 34.6 Å². The van der Waals surface area contributed by atoms with Crippen LogP contribution in [0.2, 0.25) is 0 Å². The molecule has 0 aliphatic carbocycles. The van der Waals surface area contributed by atoms with Crippen LogP contribution in [0, 0.1) is 5.92 Å². The summed E-state index contributed by atoms with van der Waals surface area (Å²) in [5.41, 5.74) is 1.94. The van der Waals surface area contributed by atoms with Gasteiger partial charge in [0.25, 0.3) is 0 Å². The van der Waals surface area contributed by atoms with Crippen molar-refractivity contribution in [1.82, 2.24) is 0 Å². The van der Waals surface area contributed by atoms with Crippen LogP contribution in [-0.2, 0) is 14.6 Å². The molecule has 2 aliphatic heterocycles. The van der Waals surface area contributed by atoms with Crippen LogP contribution in [0.15, 0.2) is 29.3 Å². The van der Waals surface area contributed by atoms with Crippen molar-refractivity contribution >= 4 is 44.0 Å². The Balaban J connectivity index is 1.94. The second-order valence-electron chi connectivity index (χ2n) is 7.47. The molecule has 0 unspecified atom stereocenters. The summed E-state index contributed by atoms with van der Waals surface area (Å²) in [7, 11) is 0.890. The van der Waals surface area contributed by atoms with Crippen LogP contribution in [0.5, 0.6) is 0 Å². The van der Waals surface area contributed by atoms with E-state index in [1.165, 1.54) is 11.8 Å². The lowest BCUT2D eigenvalue weighted by atomic mass is 10.1. The molecule has 0 bridgehead atoms. The summed E-state index contributed by atoms with van der Waals surface area (Å²) in [5, 5.41) is 0.553. The van der Waals surface area contributed by atoms with Gasteiger partial charge in [-0.15, -0.1) is 0 Å². The third kappa shape index (κ3) is 4.06. The minimum atomic E-state index is -3.05. The first-order chi connectivity index (χ1) is 12.2. The van der Waals surface area contributed by atoms with Gasteiger partial charge in [0, 0.05) is 37.1 Å². The summed E-state index contributed by atoms with van der Waals surface area (Å²) in [5.74, 6) is 0.343. The normalized spacial score (nSPS) is 25.7. The second kappa shape index (κ2) is 7.23. The van der Waals surface area contributed by atoms with Crippen LogP contribution in [0.3, 0.4) is 0 Å². The zero-order valence-corrected chi connectivity index (χ0v) is 17.2. The largest absolute Gasteiger partial charge is 0.378 e. The van der Waals surface area contributed by atoms with Gasteiger partial charge in [-0.3, -0.25) is 4.79 Å². The fourth-order valence-corrected chi connectivity index (χ4v) is 7.21. The Labute approximate surface area is 159 Å². The summed E-state index contributed by atoms with van der Waals surface area (Å²) in [4.78, 5) is 20.5. The number of nitrogens with zero attached hydrogens (tertiary/aromatic N) is 3. The molecule has 0 N–H and O–H groups in total. The number of sulfone groups is 1. The van der Waals surface area contributed by atoms with E-state index in [0.29, 0.717) is 11.6 Å². The Morgan fingerprint density at radius 3 is 2.50 bits per heavy atom. The number of aliphatic imine (C=N–C) groups is 1. The SMILES string of the molecule is CC(C)CC(=O)N=C1S[C@@H]2CS(=O)(=O)C[C@@H]2N1c1ccc(N(C)C)cc1. The third-order valence-electron chi connectivity index (χ3n) is 4.51. The smallest absolute Gasteiger partial charge is 0.248 e. The quantitative estimate of drug-likeness (QED) is 0.780. The molecule has 2 fully saturated rings. The van der Waals surface area contributed by atoms with Gasteiger partial charge >= 0.3 is 0 Å². The number of amidine groups is 1. The van der Waals surface area contributed by atoms with E-state index in [2.05, 4.69) is 4.99 Å². The minimum Gasteiger partial charge on any atom is -0.378 e. The zero-order valence-electron chi connectivity index (χ0n) is 15.5. The molecule has 2 aliphatic rings. The minimum absolute atomic E-state index is 0.0703. The van der Waals surface area contributed by atoms with Gasteiger partial charge in [-0.05, 0) is 30.2 Å².